The second-order valence-corrected chi connectivity index (χ2v) is 5.88. The molecule has 1 spiro atoms. The van der Waals surface area contributed by atoms with Crippen molar-refractivity contribution in [2.75, 3.05) is 32.9 Å². The van der Waals surface area contributed by atoms with Gasteiger partial charge in [0.25, 0.3) is 0 Å². The van der Waals surface area contributed by atoms with Gasteiger partial charge in [0.1, 0.15) is 0 Å². The molecule has 3 saturated heterocycles. The number of urea groups is 1. The van der Waals surface area contributed by atoms with Crippen LogP contribution in [0.4, 0.5) is 4.79 Å². The summed E-state index contributed by atoms with van der Waals surface area (Å²) in [5.74, 6) is -0.420. The summed E-state index contributed by atoms with van der Waals surface area (Å²) in [6.45, 7) is 5.53. The van der Waals surface area contributed by atoms with Crippen molar-refractivity contribution in [3.05, 3.63) is 0 Å². The van der Waals surface area contributed by atoms with Gasteiger partial charge in [-0.1, -0.05) is 0 Å². The third kappa shape index (κ3) is 2.92. The molecule has 3 aliphatic rings. The maximum absolute atomic E-state index is 12.2. The normalized spacial score (nSPS) is 30.6. The molecule has 114 valence electrons. The minimum absolute atomic E-state index is 0.000784. The fourth-order valence-electron chi connectivity index (χ4n) is 3.21. The molecule has 6 nitrogen and oxygen atoms in total. The molecule has 2 atom stereocenters. The first-order valence-electron chi connectivity index (χ1n) is 7.63. The zero-order chi connectivity index (χ0) is 14.0. The number of ether oxygens (including phenoxy) is 3. The Balaban J connectivity index is 1.46. The minimum atomic E-state index is -0.420. The van der Waals surface area contributed by atoms with E-state index in [1.807, 2.05) is 11.8 Å². The minimum Gasteiger partial charge on any atom is -0.376 e. The first kappa shape index (κ1) is 14.1. The Morgan fingerprint density at radius 2 is 1.95 bits per heavy atom. The highest BCUT2D eigenvalue weighted by atomic mass is 16.7. The number of nitrogens with zero attached hydrogens (tertiary/aromatic N) is 1. The van der Waals surface area contributed by atoms with Crippen LogP contribution in [0.1, 0.15) is 32.6 Å². The summed E-state index contributed by atoms with van der Waals surface area (Å²) in [6, 6.07) is 0.0701. The summed E-state index contributed by atoms with van der Waals surface area (Å²) in [5.41, 5.74) is 0. The standard InChI is InChI=1S/C14H24N2O4/c1-11(12-3-2-8-18-12)15-13(17)16-6-4-14(5-7-16)19-9-10-20-14/h11-12H,2-10H2,1H3,(H,15,17). The van der Waals surface area contributed by atoms with Gasteiger partial charge < -0.3 is 24.4 Å². The number of hydrogen-bond donors (Lipinski definition) is 1. The summed E-state index contributed by atoms with van der Waals surface area (Å²) in [6.07, 6.45) is 3.80. The van der Waals surface area contributed by atoms with Crippen molar-refractivity contribution in [3.63, 3.8) is 0 Å². The zero-order valence-electron chi connectivity index (χ0n) is 12.1. The summed E-state index contributed by atoms with van der Waals surface area (Å²) in [7, 11) is 0. The SMILES string of the molecule is CC(NC(=O)N1CCC2(CC1)OCCO2)C1CCCO1. The molecule has 0 aromatic rings. The fraction of sp³-hybridized carbons (Fsp3) is 0.929. The molecule has 0 aliphatic carbocycles. The monoisotopic (exact) mass is 284 g/mol. The third-order valence-corrected chi connectivity index (χ3v) is 4.50. The van der Waals surface area contributed by atoms with Gasteiger partial charge in [0, 0.05) is 32.5 Å². The van der Waals surface area contributed by atoms with Gasteiger partial charge in [-0.3, -0.25) is 0 Å². The number of hydrogen-bond acceptors (Lipinski definition) is 4. The van der Waals surface area contributed by atoms with Crippen LogP contribution in [-0.4, -0.2) is 61.8 Å². The lowest BCUT2D eigenvalue weighted by Crippen LogP contribution is -2.53. The molecule has 0 saturated carbocycles. The molecule has 2 amide bonds. The van der Waals surface area contributed by atoms with Crippen molar-refractivity contribution >= 4 is 6.03 Å². The van der Waals surface area contributed by atoms with E-state index in [0.717, 1.165) is 32.3 Å². The van der Waals surface area contributed by atoms with Gasteiger partial charge in [-0.25, -0.2) is 4.79 Å². The van der Waals surface area contributed by atoms with Crippen LogP contribution in [-0.2, 0) is 14.2 Å². The maximum atomic E-state index is 12.2. The molecule has 20 heavy (non-hydrogen) atoms. The van der Waals surface area contributed by atoms with Crippen molar-refractivity contribution in [2.45, 2.75) is 50.5 Å². The maximum Gasteiger partial charge on any atom is 0.317 e. The van der Waals surface area contributed by atoms with Crippen LogP contribution in [0, 0.1) is 0 Å². The van der Waals surface area contributed by atoms with Crippen molar-refractivity contribution in [1.29, 1.82) is 0 Å². The zero-order valence-corrected chi connectivity index (χ0v) is 12.1. The highest BCUT2D eigenvalue weighted by molar-refractivity contribution is 5.74. The third-order valence-electron chi connectivity index (χ3n) is 4.50. The Labute approximate surface area is 119 Å². The van der Waals surface area contributed by atoms with Crippen molar-refractivity contribution in [2.24, 2.45) is 0 Å². The molecule has 0 radical (unpaired) electrons. The van der Waals surface area contributed by atoms with Crippen molar-refractivity contribution in [3.8, 4) is 0 Å². The van der Waals surface area contributed by atoms with Crippen LogP contribution in [0.3, 0.4) is 0 Å². The van der Waals surface area contributed by atoms with E-state index in [0.29, 0.717) is 26.3 Å². The van der Waals surface area contributed by atoms with E-state index in [1.165, 1.54) is 0 Å². The number of likely N-dealkylation sites (tertiary alicyclic amines) is 1. The van der Waals surface area contributed by atoms with Crippen molar-refractivity contribution in [1.82, 2.24) is 10.2 Å². The van der Waals surface area contributed by atoms with E-state index < -0.39 is 5.79 Å². The Bertz CT molecular complexity index is 341. The lowest BCUT2D eigenvalue weighted by Gasteiger charge is -2.38. The highest BCUT2D eigenvalue weighted by Gasteiger charge is 2.41. The number of piperidine rings is 1. The van der Waals surface area contributed by atoms with E-state index >= 15 is 0 Å². The van der Waals surface area contributed by atoms with Gasteiger partial charge in [0.05, 0.1) is 25.4 Å². The average molecular weight is 284 g/mol. The van der Waals surface area contributed by atoms with Crippen LogP contribution >= 0.6 is 0 Å². The van der Waals surface area contributed by atoms with Gasteiger partial charge in [0.15, 0.2) is 5.79 Å². The smallest absolute Gasteiger partial charge is 0.317 e. The Morgan fingerprint density at radius 3 is 2.55 bits per heavy atom. The summed E-state index contributed by atoms with van der Waals surface area (Å²) < 4.78 is 16.9. The molecule has 0 aromatic heterocycles. The molecule has 3 fully saturated rings. The molecule has 0 aromatic carbocycles. The number of carbonyl (C=O) groups is 1. The quantitative estimate of drug-likeness (QED) is 0.825. The van der Waals surface area contributed by atoms with E-state index in [9.17, 15) is 4.79 Å². The Kier molecular flexibility index (Phi) is 4.14. The molecule has 1 N–H and O–H groups in total. The molecule has 3 rings (SSSR count). The summed E-state index contributed by atoms with van der Waals surface area (Å²) in [4.78, 5) is 14.1. The first-order valence-corrected chi connectivity index (χ1v) is 7.63. The predicted octanol–water partition coefficient (Wildman–Crippen LogP) is 1.10. The average Bonchev–Trinajstić information content (AvgIpc) is 3.11. The van der Waals surface area contributed by atoms with Crippen molar-refractivity contribution < 1.29 is 19.0 Å². The Morgan fingerprint density at radius 1 is 1.25 bits per heavy atom. The van der Waals surface area contributed by atoms with E-state index in [-0.39, 0.29) is 18.2 Å². The van der Waals surface area contributed by atoms with Gasteiger partial charge in [-0.05, 0) is 19.8 Å². The fourth-order valence-corrected chi connectivity index (χ4v) is 3.21. The lowest BCUT2D eigenvalue weighted by molar-refractivity contribution is -0.181. The second-order valence-electron chi connectivity index (χ2n) is 5.88. The molecular formula is C14H24N2O4. The molecule has 2 unspecified atom stereocenters. The Hall–Kier alpha value is -0.850. The molecular weight excluding hydrogens is 260 g/mol. The number of nitrogens with one attached hydrogen (secondary N) is 1. The molecule has 6 heteroatoms. The van der Waals surface area contributed by atoms with E-state index in [4.69, 9.17) is 14.2 Å². The second kappa shape index (κ2) is 5.87. The van der Waals surface area contributed by atoms with Gasteiger partial charge >= 0.3 is 6.03 Å². The molecule has 3 heterocycles. The molecule has 3 aliphatic heterocycles. The number of amides is 2. The number of carbonyl (C=O) groups excluding carboxylic acids is 1. The summed E-state index contributed by atoms with van der Waals surface area (Å²) >= 11 is 0. The van der Waals surface area contributed by atoms with Crippen LogP contribution < -0.4 is 5.32 Å². The van der Waals surface area contributed by atoms with Crippen LogP contribution in [0.15, 0.2) is 0 Å². The largest absolute Gasteiger partial charge is 0.376 e. The van der Waals surface area contributed by atoms with Crippen LogP contribution in [0.5, 0.6) is 0 Å². The topological polar surface area (TPSA) is 60.0 Å². The van der Waals surface area contributed by atoms with Crippen LogP contribution in [0.2, 0.25) is 0 Å². The predicted molar refractivity (Wildman–Crippen MR) is 72.4 cm³/mol. The van der Waals surface area contributed by atoms with E-state index in [2.05, 4.69) is 5.32 Å². The van der Waals surface area contributed by atoms with E-state index in [1.54, 1.807) is 0 Å². The highest BCUT2D eigenvalue weighted by Crippen LogP contribution is 2.31. The first-order chi connectivity index (χ1) is 9.69. The van der Waals surface area contributed by atoms with Gasteiger partial charge in [-0.2, -0.15) is 0 Å². The lowest BCUT2D eigenvalue weighted by atomic mass is 10.0. The van der Waals surface area contributed by atoms with Gasteiger partial charge in [-0.15, -0.1) is 0 Å². The summed E-state index contributed by atoms with van der Waals surface area (Å²) in [5, 5.41) is 3.05. The van der Waals surface area contributed by atoms with Gasteiger partial charge in [0.2, 0.25) is 0 Å². The van der Waals surface area contributed by atoms with Crippen LogP contribution in [0.25, 0.3) is 0 Å². The molecule has 0 bridgehead atoms. The number of rotatable bonds is 2.